The molecule has 0 spiro atoms. The van der Waals surface area contributed by atoms with Gasteiger partial charge < -0.3 is 10.1 Å². The summed E-state index contributed by atoms with van der Waals surface area (Å²) in [4.78, 5) is 13.4. The summed E-state index contributed by atoms with van der Waals surface area (Å²) in [5.74, 6) is -2.46. The van der Waals surface area contributed by atoms with Gasteiger partial charge in [0.15, 0.2) is 11.5 Å². The molecule has 3 nitrogen and oxygen atoms in total. The van der Waals surface area contributed by atoms with E-state index in [1.807, 2.05) is 0 Å². The number of carbonyl (C=O) groups is 1. The molecule has 3 rings (SSSR count). The largest absolute Gasteiger partial charge is 0.476 e. The Morgan fingerprint density at radius 2 is 1.65 bits per heavy atom. The Hall–Kier alpha value is -2.69. The third kappa shape index (κ3) is 1.93. The van der Waals surface area contributed by atoms with Crippen molar-refractivity contribution in [3.8, 4) is 11.1 Å². The highest BCUT2D eigenvalue weighted by atomic mass is 19.1. The van der Waals surface area contributed by atoms with Crippen LogP contribution in [0.15, 0.2) is 42.5 Å². The summed E-state index contributed by atoms with van der Waals surface area (Å²) in [6.07, 6.45) is 0. The maximum Gasteiger partial charge on any atom is 0.355 e. The summed E-state index contributed by atoms with van der Waals surface area (Å²) >= 11 is 0. The van der Waals surface area contributed by atoms with Crippen molar-refractivity contribution in [3.05, 3.63) is 59.8 Å². The summed E-state index contributed by atoms with van der Waals surface area (Å²) in [5, 5.41) is 9.09. The number of aromatic carboxylic acids is 1. The maximum atomic E-state index is 13.8. The van der Waals surface area contributed by atoms with Crippen molar-refractivity contribution in [1.82, 2.24) is 4.98 Å². The van der Waals surface area contributed by atoms with Gasteiger partial charge in [0.2, 0.25) is 0 Å². The second kappa shape index (κ2) is 4.45. The van der Waals surface area contributed by atoms with E-state index in [0.29, 0.717) is 5.52 Å². The Morgan fingerprint density at radius 3 is 2.30 bits per heavy atom. The minimum Gasteiger partial charge on any atom is -0.476 e. The van der Waals surface area contributed by atoms with Gasteiger partial charge in [0.25, 0.3) is 0 Å². The highest BCUT2D eigenvalue weighted by Gasteiger charge is 2.17. The number of halogens is 2. The van der Waals surface area contributed by atoms with Crippen LogP contribution in [0.5, 0.6) is 0 Å². The van der Waals surface area contributed by atoms with Gasteiger partial charge in [0.05, 0.1) is 0 Å². The smallest absolute Gasteiger partial charge is 0.355 e. The van der Waals surface area contributed by atoms with Crippen molar-refractivity contribution in [2.75, 3.05) is 0 Å². The predicted molar refractivity (Wildman–Crippen MR) is 70.6 cm³/mol. The van der Waals surface area contributed by atoms with E-state index in [4.69, 9.17) is 5.11 Å². The zero-order valence-corrected chi connectivity index (χ0v) is 10.2. The van der Waals surface area contributed by atoms with Crippen LogP contribution in [0.4, 0.5) is 8.78 Å². The van der Waals surface area contributed by atoms with Crippen LogP contribution in [0.25, 0.3) is 22.0 Å². The number of hydrogen-bond donors (Lipinski definition) is 2. The van der Waals surface area contributed by atoms with Gasteiger partial charge in [0, 0.05) is 10.9 Å². The lowest BCUT2D eigenvalue weighted by Crippen LogP contribution is -1.98. The third-order valence-electron chi connectivity index (χ3n) is 3.13. The van der Waals surface area contributed by atoms with Crippen LogP contribution in [0.2, 0.25) is 0 Å². The van der Waals surface area contributed by atoms with Gasteiger partial charge in [-0.25, -0.2) is 13.6 Å². The highest BCUT2D eigenvalue weighted by Crippen LogP contribution is 2.27. The molecule has 0 fully saturated rings. The molecule has 20 heavy (non-hydrogen) atoms. The normalized spacial score (nSPS) is 10.9. The van der Waals surface area contributed by atoms with Gasteiger partial charge in [-0.05, 0) is 35.4 Å². The number of hydrogen-bond acceptors (Lipinski definition) is 1. The Balaban J connectivity index is 2.15. The molecule has 0 aliphatic carbocycles. The van der Waals surface area contributed by atoms with Crippen LogP contribution in [0.3, 0.4) is 0 Å². The zero-order valence-electron chi connectivity index (χ0n) is 10.2. The molecule has 0 saturated carbocycles. The van der Waals surface area contributed by atoms with Gasteiger partial charge in [0.1, 0.15) is 5.82 Å². The van der Waals surface area contributed by atoms with Crippen molar-refractivity contribution in [2.45, 2.75) is 0 Å². The second-order valence-electron chi connectivity index (χ2n) is 4.39. The lowest BCUT2D eigenvalue weighted by molar-refractivity contribution is 0.0686. The summed E-state index contributed by atoms with van der Waals surface area (Å²) in [6, 6.07) is 10.7. The molecule has 2 aromatic carbocycles. The first-order valence-corrected chi connectivity index (χ1v) is 5.87. The molecule has 0 aliphatic rings. The second-order valence-corrected chi connectivity index (χ2v) is 4.39. The third-order valence-corrected chi connectivity index (χ3v) is 3.13. The quantitative estimate of drug-likeness (QED) is 0.746. The molecule has 1 aromatic heterocycles. The number of fused-ring (bicyclic) bond motifs is 1. The summed E-state index contributed by atoms with van der Waals surface area (Å²) in [7, 11) is 0. The Labute approximate surface area is 112 Å². The fourth-order valence-corrected chi connectivity index (χ4v) is 2.13. The van der Waals surface area contributed by atoms with Crippen LogP contribution in [0.1, 0.15) is 10.5 Å². The lowest BCUT2D eigenvalue weighted by atomic mass is 10.0. The molecule has 2 N–H and O–H groups in total. The number of aromatic nitrogens is 1. The summed E-state index contributed by atoms with van der Waals surface area (Å²) in [6.45, 7) is 0. The molecular weight excluding hydrogens is 264 g/mol. The molecule has 1 heterocycles. The average molecular weight is 273 g/mol. The molecule has 5 heteroatoms. The topological polar surface area (TPSA) is 53.1 Å². The number of H-pyrrole nitrogens is 1. The first-order chi connectivity index (χ1) is 9.56. The lowest BCUT2D eigenvalue weighted by Gasteiger charge is -2.01. The number of nitrogens with one attached hydrogen (secondary N) is 1. The van der Waals surface area contributed by atoms with Gasteiger partial charge in [-0.15, -0.1) is 0 Å². The average Bonchev–Trinajstić information content (AvgIpc) is 2.77. The molecule has 0 saturated heterocycles. The Bertz CT molecular complexity index is 807. The van der Waals surface area contributed by atoms with Crippen molar-refractivity contribution in [2.24, 2.45) is 0 Å². The zero-order chi connectivity index (χ0) is 14.3. The van der Waals surface area contributed by atoms with E-state index < -0.39 is 17.5 Å². The first-order valence-electron chi connectivity index (χ1n) is 5.87. The number of rotatable bonds is 2. The van der Waals surface area contributed by atoms with Gasteiger partial charge in [-0.2, -0.15) is 0 Å². The van der Waals surface area contributed by atoms with Crippen LogP contribution in [-0.4, -0.2) is 16.1 Å². The van der Waals surface area contributed by atoms with E-state index in [-0.39, 0.29) is 11.2 Å². The summed E-state index contributed by atoms with van der Waals surface area (Å²) < 4.78 is 26.7. The van der Waals surface area contributed by atoms with E-state index in [9.17, 15) is 13.6 Å². The van der Waals surface area contributed by atoms with Crippen LogP contribution in [-0.2, 0) is 0 Å². The fourth-order valence-electron chi connectivity index (χ4n) is 2.13. The highest BCUT2D eigenvalue weighted by molar-refractivity contribution is 5.95. The molecule has 0 unspecified atom stereocenters. The van der Waals surface area contributed by atoms with E-state index >= 15 is 0 Å². The molecule has 0 amide bonds. The van der Waals surface area contributed by atoms with Crippen molar-refractivity contribution >= 4 is 16.9 Å². The van der Waals surface area contributed by atoms with Crippen molar-refractivity contribution in [3.63, 3.8) is 0 Å². The van der Waals surface area contributed by atoms with Crippen LogP contribution in [0, 0.1) is 11.6 Å². The Morgan fingerprint density at radius 1 is 1.00 bits per heavy atom. The molecule has 0 bridgehead atoms. The molecule has 3 aromatic rings. The van der Waals surface area contributed by atoms with E-state index in [1.165, 1.54) is 18.2 Å². The molecule has 0 radical (unpaired) electrons. The van der Waals surface area contributed by atoms with Crippen molar-refractivity contribution < 1.29 is 18.7 Å². The van der Waals surface area contributed by atoms with Gasteiger partial charge >= 0.3 is 5.97 Å². The Kier molecular flexibility index (Phi) is 2.75. The number of benzene rings is 2. The molecular formula is C15H9F2NO2. The molecule has 0 aliphatic heterocycles. The van der Waals surface area contributed by atoms with Crippen LogP contribution < -0.4 is 0 Å². The number of aromatic amines is 1. The van der Waals surface area contributed by atoms with E-state index in [0.717, 1.165) is 11.1 Å². The van der Waals surface area contributed by atoms with Gasteiger partial charge in [-0.1, -0.05) is 18.2 Å². The first kappa shape index (κ1) is 12.3. The summed E-state index contributed by atoms with van der Waals surface area (Å²) in [5.41, 5.74) is 1.44. The molecule has 0 atom stereocenters. The number of carboxylic acids is 1. The monoisotopic (exact) mass is 273 g/mol. The van der Waals surface area contributed by atoms with Crippen molar-refractivity contribution in [1.29, 1.82) is 0 Å². The van der Waals surface area contributed by atoms with E-state index in [2.05, 4.69) is 4.98 Å². The predicted octanol–water partition coefficient (Wildman–Crippen LogP) is 3.81. The fraction of sp³-hybridized carbons (Fsp3) is 0. The minimum atomic E-state index is -1.35. The standard InChI is InChI=1S/C15H9F2NO2/c16-10-4-1-8(2-5-10)9-3-6-11-12(7-9)18-14(13(11)17)15(19)20/h1-7,18H,(H,19,20). The van der Waals surface area contributed by atoms with Gasteiger partial charge in [-0.3, -0.25) is 0 Å². The SMILES string of the molecule is O=C(O)c1[nH]c2cc(-c3ccc(F)cc3)ccc2c1F. The van der Waals surface area contributed by atoms with Crippen LogP contribution >= 0.6 is 0 Å². The molecule has 100 valence electrons. The maximum absolute atomic E-state index is 13.8. The number of carboxylic acid groups (broad SMARTS) is 1. The van der Waals surface area contributed by atoms with E-state index in [1.54, 1.807) is 24.3 Å². The minimum absolute atomic E-state index is 0.216.